The number of benzene rings is 1. The number of rotatable bonds is 5. The van der Waals surface area contributed by atoms with Gasteiger partial charge in [0.15, 0.2) is 0 Å². The van der Waals surface area contributed by atoms with Crippen LogP contribution in [-0.4, -0.2) is 45.9 Å². The van der Waals surface area contributed by atoms with Crippen molar-refractivity contribution >= 4 is 0 Å². The van der Waals surface area contributed by atoms with E-state index in [1.165, 1.54) is 11.1 Å². The van der Waals surface area contributed by atoms with Gasteiger partial charge in [-0.1, -0.05) is 36.8 Å². The lowest BCUT2D eigenvalue weighted by molar-refractivity contribution is 0.121. The summed E-state index contributed by atoms with van der Waals surface area (Å²) in [5.41, 5.74) is 3.91. The first-order valence-electron chi connectivity index (χ1n) is 8.54. The van der Waals surface area contributed by atoms with Gasteiger partial charge in [-0.3, -0.25) is 9.80 Å². The van der Waals surface area contributed by atoms with Crippen LogP contribution in [-0.2, 0) is 19.5 Å². The molecule has 4 nitrogen and oxygen atoms in total. The number of hydrogen-bond donors (Lipinski definition) is 0. The van der Waals surface area contributed by atoms with Gasteiger partial charge in [0.2, 0.25) is 0 Å². The first-order valence-corrected chi connectivity index (χ1v) is 8.54. The van der Waals surface area contributed by atoms with Gasteiger partial charge in [-0.25, -0.2) is 9.97 Å². The minimum absolute atomic E-state index is 0.901. The minimum Gasteiger partial charge on any atom is -0.297 e. The van der Waals surface area contributed by atoms with Gasteiger partial charge < -0.3 is 0 Å². The topological polar surface area (TPSA) is 32.3 Å². The summed E-state index contributed by atoms with van der Waals surface area (Å²) in [7, 11) is 0. The second-order valence-corrected chi connectivity index (χ2v) is 6.36. The smallest absolute Gasteiger partial charge is 0.128 e. The molecule has 1 aliphatic heterocycles. The van der Waals surface area contributed by atoms with E-state index in [4.69, 9.17) is 0 Å². The van der Waals surface area contributed by atoms with Crippen molar-refractivity contribution in [2.75, 3.05) is 26.2 Å². The normalized spacial score (nSPS) is 16.6. The van der Waals surface area contributed by atoms with Gasteiger partial charge >= 0.3 is 0 Å². The summed E-state index contributed by atoms with van der Waals surface area (Å²) in [6.07, 6.45) is 2.78. The molecule has 1 aliphatic rings. The molecule has 23 heavy (non-hydrogen) atoms. The Morgan fingerprint density at radius 3 is 2.43 bits per heavy atom. The molecular weight excluding hydrogens is 284 g/mol. The maximum atomic E-state index is 4.62. The number of piperazine rings is 1. The molecule has 0 N–H and O–H groups in total. The van der Waals surface area contributed by atoms with E-state index in [1.54, 1.807) is 0 Å². The van der Waals surface area contributed by atoms with E-state index in [1.807, 2.05) is 12.3 Å². The Morgan fingerprint density at radius 2 is 1.74 bits per heavy atom. The standard InChI is InChI=1S/C19H26N4/c1-3-19-20-8-7-18(21-19)15-23-11-9-22(10-12-23)14-17-6-4-5-16(2)13-17/h4-8,13H,3,9-12,14-15H2,1-2H3. The van der Waals surface area contributed by atoms with Crippen LogP contribution in [0, 0.1) is 6.92 Å². The maximum Gasteiger partial charge on any atom is 0.128 e. The fraction of sp³-hybridized carbons (Fsp3) is 0.474. The zero-order valence-electron chi connectivity index (χ0n) is 14.2. The molecule has 0 atom stereocenters. The Bertz CT molecular complexity index is 633. The highest BCUT2D eigenvalue weighted by molar-refractivity contribution is 5.22. The Labute approximate surface area is 139 Å². The van der Waals surface area contributed by atoms with Crippen LogP contribution < -0.4 is 0 Å². The summed E-state index contributed by atoms with van der Waals surface area (Å²) in [5.74, 6) is 0.945. The van der Waals surface area contributed by atoms with Crippen molar-refractivity contribution in [2.45, 2.75) is 33.4 Å². The predicted molar refractivity (Wildman–Crippen MR) is 93.1 cm³/mol. The predicted octanol–water partition coefficient (Wildman–Crippen LogP) is 2.67. The van der Waals surface area contributed by atoms with Gasteiger partial charge in [-0.15, -0.1) is 0 Å². The van der Waals surface area contributed by atoms with Crippen LogP contribution in [0.3, 0.4) is 0 Å². The minimum atomic E-state index is 0.901. The Balaban J connectivity index is 1.50. The molecule has 2 aromatic rings. The van der Waals surface area contributed by atoms with E-state index in [0.29, 0.717) is 0 Å². The molecular formula is C19H26N4. The molecule has 3 rings (SSSR count). The van der Waals surface area contributed by atoms with Gasteiger partial charge in [0.25, 0.3) is 0 Å². The van der Waals surface area contributed by atoms with Gasteiger partial charge in [-0.05, 0) is 18.6 Å². The van der Waals surface area contributed by atoms with Crippen LogP contribution >= 0.6 is 0 Å². The van der Waals surface area contributed by atoms with Crippen LogP contribution in [0.1, 0.15) is 29.6 Å². The Kier molecular flexibility index (Phi) is 5.36. The molecule has 122 valence electrons. The molecule has 0 aliphatic carbocycles. The first kappa shape index (κ1) is 16.1. The van der Waals surface area contributed by atoms with Crippen molar-refractivity contribution < 1.29 is 0 Å². The second kappa shape index (κ2) is 7.66. The van der Waals surface area contributed by atoms with Crippen LogP contribution in [0.5, 0.6) is 0 Å². The van der Waals surface area contributed by atoms with E-state index < -0.39 is 0 Å². The lowest BCUT2D eigenvalue weighted by Crippen LogP contribution is -2.45. The third kappa shape index (κ3) is 4.60. The highest BCUT2D eigenvalue weighted by atomic mass is 15.3. The molecule has 0 amide bonds. The van der Waals surface area contributed by atoms with Gasteiger partial charge in [-0.2, -0.15) is 0 Å². The fourth-order valence-corrected chi connectivity index (χ4v) is 3.10. The van der Waals surface area contributed by atoms with Crippen molar-refractivity contribution in [3.8, 4) is 0 Å². The molecule has 0 spiro atoms. The largest absolute Gasteiger partial charge is 0.297 e. The highest BCUT2D eigenvalue weighted by Gasteiger charge is 2.17. The quantitative estimate of drug-likeness (QED) is 0.850. The number of aromatic nitrogens is 2. The average Bonchev–Trinajstić information content (AvgIpc) is 2.57. The van der Waals surface area contributed by atoms with Crippen molar-refractivity contribution in [3.63, 3.8) is 0 Å². The zero-order valence-corrected chi connectivity index (χ0v) is 14.2. The lowest BCUT2D eigenvalue weighted by Gasteiger charge is -2.34. The molecule has 0 radical (unpaired) electrons. The molecule has 0 unspecified atom stereocenters. The molecule has 4 heteroatoms. The number of aryl methyl sites for hydroxylation is 2. The summed E-state index contributed by atoms with van der Waals surface area (Å²) in [4.78, 5) is 13.9. The highest BCUT2D eigenvalue weighted by Crippen LogP contribution is 2.12. The van der Waals surface area contributed by atoms with Crippen molar-refractivity contribution in [1.82, 2.24) is 19.8 Å². The van der Waals surface area contributed by atoms with E-state index in [9.17, 15) is 0 Å². The van der Waals surface area contributed by atoms with Gasteiger partial charge in [0.1, 0.15) is 5.82 Å². The van der Waals surface area contributed by atoms with Crippen molar-refractivity contribution in [2.24, 2.45) is 0 Å². The average molecular weight is 310 g/mol. The molecule has 1 saturated heterocycles. The second-order valence-electron chi connectivity index (χ2n) is 6.36. The van der Waals surface area contributed by atoms with E-state index in [-0.39, 0.29) is 0 Å². The zero-order chi connectivity index (χ0) is 16.1. The SMILES string of the molecule is CCc1nccc(CN2CCN(Cc3cccc(C)c3)CC2)n1. The van der Waals surface area contributed by atoms with Gasteiger partial charge in [0.05, 0.1) is 5.69 Å². The van der Waals surface area contributed by atoms with E-state index in [2.05, 4.69) is 57.9 Å². The molecule has 1 fully saturated rings. The molecule has 0 bridgehead atoms. The Hall–Kier alpha value is -1.78. The fourth-order valence-electron chi connectivity index (χ4n) is 3.10. The number of nitrogens with zero attached hydrogens (tertiary/aromatic N) is 4. The third-order valence-electron chi connectivity index (χ3n) is 4.42. The van der Waals surface area contributed by atoms with Crippen LogP contribution in [0.4, 0.5) is 0 Å². The summed E-state index contributed by atoms with van der Waals surface area (Å²) in [6.45, 7) is 10.7. The van der Waals surface area contributed by atoms with Crippen molar-refractivity contribution in [3.05, 3.63) is 59.2 Å². The third-order valence-corrected chi connectivity index (χ3v) is 4.42. The first-order chi connectivity index (χ1) is 11.2. The van der Waals surface area contributed by atoms with Crippen LogP contribution in [0.25, 0.3) is 0 Å². The van der Waals surface area contributed by atoms with Gasteiger partial charge in [0, 0.05) is 51.9 Å². The van der Waals surface area contributed by atoms with E-state index in [0.717, 1.165) is 57.2 Å². The lowest BCUT2D eigenvalue weighted by atomic mass is 10.1. The van der Waals surface area contributed by atoms with Crippen LogP contribution in [0.15, 0.2) is 36.5 Å². The summed E-state index contributed by atoms with van der Waals surface area (Å²) >= 11 is 0. The maximum absolute atomic E-state index is 4.62. The summed E-state index contributed by atoms with van der Waals surface area (Å²) in [6, 6.07) is 10.9. The molecule has 1 aromatic heterocycles. The number of hydrogen-bond acceptors (Lipinski definition) is 4. The van der Waals surface area contributed by atoms with E-state index >= 15 is 0 Å². The summed E-state index contributed by atoms with van der Waals surface area (Å²) in [5, 5.41) is 0. The Morgan fingerprint density at radius 1 is 1.00 bits per heavy atom. The molecule has 1 aromatic carbocycles. The summed E-state index contributed by atoms with van der Waals surface area (Å²) < 4.78 is 0. The molecule has 0 saturated carbocycles. The van der Waals surface area contributed by atoms with Crippen molar-refractivity contribution in [1.29, 1.82) is 0 Å². The molecule has 2 heterocycles. The van der Waals surface area contributed by atoms with Crippen LogP contribution in [0.2, 0.25) is 0 Å². The monoisotopic (exact) mass is 310 g/mol.